The van der Waals surface area contributed by atoms with Crippen LogP contribution in [-0.4, -0.2) is 66.4 Å². The van der Waals surface area contributed by atoms with E-state index in [1.807, 2.05) is 24.3 Å². The molecule has 1 fully saturated rings. The topological polar surface area (TPSA) is 159 Å². The lowest BCUT2D eigenvalue weighted by Crippen LogP contribution is -2.41. The number of sulfone groups is 1. The van der Waals surface area contributed by atoms with Gasteiger partial charge in [0.25, 0.3) is 5.91 Å². The first-order valence-corrected chi connectivity index (χ1v) is 15.1. The van der Waals surface area contributed by atoms with Gasteiger partial charge in [0.05, 0.1) is 31.0 Å². The second-order valence-corrected chi connectivity index (χ2v) is 13.0. The van der Waals surface area contributed by atoms with E-state index in [-0.39, 0.29) is 36.6 Å². The normalized spacial score (nSPS) is 18.4. The molecule has 1 unspecified atom stereocenters. The number of para-hydroxylation sites is 1. The van der Waals surface area contributed by atoms with Gasteiger partial charge in [0.15, 0.2) is 33.5 Å². The highest BCUT2D eigenvalue weighted by Crippen LogP contribution is 2.45. The van der Waals surface area contributed by atoms with Crippen molar-refractivity contribution in [3.63, 3.8) is 0 Å². The largest absolute Gasteiger partial charge is 0.504 e. The molecular weight excluding hydrogens is 570 g/mol. The van der Waals surface area contributed by atoms with Crippen molar-refractivity contribution in [2.75, 3.05) is 26.0 Å². The Morgan fingerprint density at radius 3 is 2.56 bits per heavy atom. The molecule has 41 heavy (non-hydrogen) atoms. The molecule has 2 aromatic carbocycles. The van der Waals surface area contributed by atoms with Crippen molar-refractivity contribution < 1.29 is 37.5 Å². The first-order chi connectivity index (χ1) is 19.7. The summed E-state index contributed by atoms with van der Waals surface area (Å²) in [5.74, 6) is -1.44. The molecule has 3 N–H and O–H groups in total. The Labute approximate surface area is 239 Å². The number of aromatic nitrogens is 1. The maximum Gasteiger partial charge on any atom is 0.257 e. The Bertz CT molecular complexity index is 1670. The maximum atomic E-state index is 13.9. The van der Waals surface area contributed by atoms with E-state index in [4.69, 9.17) is 9.15 Å². The lowest BCUT2D eigenvalue weighted by molar-refractivity contribution is -0.129. The van der Waals surface area contributed by atoms with Crippen molar-refractivity contribution in [3.8, 4) is 33.3 Å². The summed E-state index contributed by atoms with van der Waals surface area (Å²) >= 11 is 1.24. The molecule has 13 heteroatoms. The van der Waals surface area contributed by atoms with Crippen molar-refractivity contribution in [1.29, 1.82) is 0 Å². The van der Waals surface area contributed by atoms with Gasteiger partial charge in [0.2, 0.25) is 5.91 Å². The van der Waals surface area contributed by atoms with E-state index in [0.29, 0.717) is 10.6 Å². The van der Waals surface area contributed by atoms with Crippen molar-refractivity contribution in [2.45, 2.75) is 17.6 Å². The number of phenols is 1. The molecule has 5 rings (SSSR count). The van der Waals surface area contributed by atoms with Gasteiger partial charge in [-0.25, -0.2) is 18.9 Å². The molecule has 214 valence electrons. The molecule has 0 aliphatic carbocycles. The van der Waals surface area contributed by atoms with Gasteiger partial charge in [-0.05, 0) is 36.2 Å². The van der Waals surface area contributed by atoms with Crippen LogP contribution in [0.5, 0.6) is 11.5 Å². The van der Waals surface area contributed by atoms with Gasteiger partial charge in [-0.15, -0.1) is 11.3 Å². The van der Waals surface area contributed by atoms with Gasteiger partial charge >= 0.3 is 0 Å². The van der Waals surface area contributed by atoms with Crippen LogP contribution < -0.4 is 10.2 Å². The minimum Gasteiger partial charge on any atom is -0.504 e. The van der Waals surface area contributed by atoms with E-state index >= 15 is 0 Å². The molecule has 2 aromatic heterocycles. The van der Waals surface area contributed by atoms with Gasteiger partial charge in [0, 0.05) is 28.4 Å². The molecule has 2 amide bonds. The molecular formula is C28H27N3O8S2. The molecule has 4 aromatic rings. The monoisotopic (exact) mass is 597 g/mol. The summed E-state index contributed by atoms with van der Waals surface area (Å²) in [5.41, 5.74) is 3.21. The van der Waals surface area contributed by atoms with Crippen LogP contribution in [0.3, 0.4) is 0 Å². The van der Waals surface area contributed by atoms with Crippen molar-refractivity contribution in [2.24, 2.45) is 0 Å². The number of hydroxylamine groups is 1. The van der Waals surface area contributed by atoms with Crippen molar-refractivity contribution in [3.05, 3.63) is 77.6 Å². The Hall–Kier alpha value is -4.20. The zero-order valence-corrected chi connectivity index (χ0v) is 23.6. The second-order valence-electron chi connectivity index (χ2n) is 9.53. The first kappa shape index (κ1) is 28.3. The number of methoxy groups -OCH3 is 1. The van der Waals surface area contributed by atoms with E-state index in [1.165, 1.54) is 41.9 Å². The Morgan fingerprint density at radius 2 is 1.88 bits per heavy atom. The second kappa shape index (κ2) is 11.4. The highest BCUT2D eigenvalue weighted by atomic mass is 32.2. The number of hydrogen-bond donors (Lipinski definition) is 3. The van der Waals surface area contributed by atoms with Crippen LogP contribution in [-0.2, 0) is 19.4 Å². The number of nitrogens with zero attached hydrogens (tertiary/aromatic N) is 2. The third-order valence-electron chi connectivity index (χ3n) is 7.26. The fraction of sp³-hybridized carbons (Fsp3) is 0.250. The van der Waals surface area contributed by atoms with E-state index < -0.39 is 38.6 Å². The lowest BCUT2D eigenvalue weighted by atomic mass is 9.97. The molecule has 1 aliphatic rings. The molecule has 1 atom stereocenters. The molecule has 0 saturated carbocycles. The highest BCUT2D eigenvalue weighted by Gasteiger charge is 2.50. The number of carbonyl (C=O) groups excluding carboxylic acids is 2. The molecule has 11 nitrogen and oxygen atoms in total. The summed E-state index contributed by atoms with van der Waals surface area (Å²) < 4.78 is 36.5. The van der Waals surface area contributed by atoms with E-state index in [9.17, 15) is 28.3 Å². The lowest BCUT2D eigenvalue weighted by Gasteiger charge is -2.30. The Balaban J connectivity index is 1.48. The quantitative estimate of drug-likeness (QED) is 0.213. The van der Waals surface area contributed by atoms with Gasteiger partial charge in [0.1, 0.15) is 4.75 Å². The minimum atomic E-state index is -4.02. The van der Waals surface area contributed by atoms with Crippen molar-refractivity contribution in [1.82, 2.24) is 15.4 Å². The van der Waals surface area contributed by atoms with Crippen LogP contribution in [0.2, 0.25) is 0 Å². The predicted octanol–water partition coefficient (Wildman–Crippen LogP) is 3.84. The van der Waals surface area contributed by atoms with Crippen LogP contribution in [0.25, 0.3) is 21.8 Å². The Morgan fingerprint density at radius 1 is 1.12 bits per heavy atom. The van der Waals surface area contributed by atoms with Gasteiger partial charge in [-0.3, -0.25) is 14.8 Å². The van der Waals surface area contributed by atoms with Crippen LogP contribution in [0, 0.1) is 0 Å². The predicted molar refractivity (Wildman–Crippen MR) is 150 cm³/mol. The molecule has 1 saturated heterocycles. The number of benzene rings is 2. The molecule has 3 heterocycles. The number of amides is 2. The number of ether oxygens (including phenoxy) is 1. The number of thiophene rings is 1. The summed E-state index contributed by atoms with van der Waals surface area (Å²) in [5, 5.41) is 19.8. The van der Waals surface area contributed by atoms with E-state index in [2.05, 4.69) is 4.98 Å². The minimum absolute atomic E-state index is 0.00741. The van der Waals surface area contributed by atoms with Crippen LogP contribution in [0.4, 0.5) is 0 Å². The average molecular weight is 598 g/mol. The molecule has 1 aliphatic heterocycles. The summed E-state index contributed by atoms with van der Waals surface area (Å²) in [6.45, 7) is -0.145. The summed E-state index contributed by atoms with van der Waals surface area (Å²) in [6, 6.07) is 15.5. The third-order valence-corrected chi connectivity index (χ3v) is 11.2. The zero-order valence-electron chi connectivity index (χ0n) is 21.9. The third kappa shape index (κ3) is 5.31. The number of carbonyl (C=O) groups is 2. The highest BCUT2D eigenvalue weighted by molar-refractivity contribution is 7.92. The zero-order chi connectivity index (χ0) is 29.2. The summed E-state index contributed by atoms with van der Waals surface area (Å²) in [4.78, 5) is 32.3. The summed E-state index contributed by atoms with van der Waals surface area (Å²) in [7, 11) is -2.65. The molecule has 0 bridgehead atoms. The standard InChI is InChI=1S/C28H27N3O8S2/c1-38-21-4-2-3-20(26(21)33)27(34)31-12-11-28(15-25(32)30-35,41(36,37)14-13-31)24-10-9-23(40-24)19-7-5-18(6-8-19)22-16-29-17-39-22/h2-10,16-17,33,35H,11-15H2,1H3,(H,30,32). The van der Waals surface area contributed by atoms with Crippen LogP contribution in [0.1, 0.15) is 28.1 Å². The van der Waals surface area contributed by atoms with E-state index in [0.717, 1.165) is 16.0 Å². The number of oxazole rings is 1. The molecule has 0 spiro atoms. The first-order valence-electron chi connectivity index (χ1n) is 12.6. The smallest absolute Gasteiger partial charge is 0.257 e. The van der Waals surface area contributed by atoms with Crippen LogP contribution in [0.15, 0.2) is 71.6 Å². The number of rotatable bonds is 7. The average Bonchev–Trinajstić information content (AvgIpc) is 3.67. The number of hydrogen-bond acceptors (Lipinski definition) is 10. The Kier molecular flexibility index (Phi) is 7.84. The number of phenolic OH excluding ortho intramolecular Hbond substituents is 1. The number of nitrogens with one attached hydrogen (secondary N) is 1. The van der Waals surface area contributed by atoms with Crippen molar-refractivity contribution >= 4 is 33.0 Å². The maximum absolute atomic E-state index is 13.9. The van der Waals surface area contributed by atoms with Gasteiger partial charge in [-0.2, -0.15) is 0 Å². The summed E-state index contributed by atoms with van der Waals surface area (Å²) in [6.07, 6.45) is 2.33. The van der Waals surface area contributed by atoms with Gasteiger partial charge < -0.3 is 19.2 Å². The molecule has 0 radical (unpaired) electrons. The fourth-order valence-electron chi connectivity index (χ4n) is 5.00. The van der Waals surface area contributed by atoms with Crippen LogP contribution >= 0.6 is 11.3 Å². The van der Waals surface area contributed by atoms with E-state index in [1.54, 1.807) is 29.9 Å². The van der Waals surface area contributed by atoms with Gasteiger partial charge in [-0.1, -0.05) is 30.3 Å². The number of aromatic hydroxyl groups is 1. The fourth-order valence-corrected chi connectivity index (χ4v) is 8.61. The SMILES string of the molecule is COc1cccc(C(=O)N2CCC(CC(=O)NO)(c3ccc(-c4ccc(-c5cnco5)cc4)s3)S(=O)(=O)CC2)c1O.